The largest absolute Gasteiger partial charge is 0.454 e. The Kier molecular flexibility index (Phi) is 3.27. The first-order chi connectivity index (χ1) is 9.31. The molecule has 1 aliphatic carbocycles. The molecular formula is C14H16N2O3. The van der Waals surface area contributed by atoms with Gasteiger partial charge in [0, 0.05) is 12.7 Å². The van der Waals surface area contributed by atoms with Gasteiger partial charge in [0.1, 0.15) is 0 Å². The second-order valence-electron chi connectivity index (χ2n) is 4.71. The van der Waals surface area contributed by atoms with Gasteiger partial charge in [-0.15, -0.1) is 0 Å². The van der Waals surface area contributed by atoms with Crippen molar-refractivity contribution in [1.82, 2.24) is 10.6 Å². The molecule has 0 atom stereocenters. The van der Waals surface area contributed by atoms with E-state index in [0.29, 0.717) is 12.5 Å². The van der Waals surface area contributed by atoms with Gasteiger partial charge in [-0.3, -0.25) is 0 Å². The maximum Gasteiger partial charge on any atom is 0.319 e. The molecule has 1 fully saturated rings. The van der Waals surface area contributed by atoms with Gasteiger partial charge in [-0.05, 0) is 36.5 Å². The van der Waals surface area contributed by atoms with Crippen LogP contribution in [0.4, 0.5) is 4.79 Å². The maximum atomic E-state index is 11.5. The van der Waals surface area contributed by atoms with E-state index < -0.39 is 0 Å². The molecule has 1 heterocycles. The van der Waals surface area contributed by atoms with Crippen LogP contribution < -0.4 is 20.1 Å². The highest BCUT2D eigenvalue weighted by Crippen LogP contribution is 2.32. The molecule has 1 aromatic carbocycles. The molecule has 5 heteroatoms. The first-order valence-electron chi connectivity index (χ1n) is 6.41. The maximum absolute atomic E-state index is 11.5. The summed E-state index contributed by atoms with van der Waals surface area (Å²) in [6, 6.07) is 5.44. The zero-order chi connectivity index (χ0) is 13.1. The number of ether oxygens (including phenoxy) is 2. The van der Waals surface area contributed by atoms with Crippen molar-refractivity contribution in [3.63, 3.8) is 0 Å². The lowest BCUT2D eigenvalue weighted by atomic mass is 10.2. The van der Waals surface area contributed by atoms with Crippen molar-refractivity contribution in [1.29, 1.82) is 0 Å². The van der Waals surface area contributed by atoms with Crippen molar-refractivity contribution < 1.29 is 14.3 Å². The van der Waals surface area contributed by atoms with Crippen LogP contribution in [0.2, 0.25) is 0 Å². The SMILES string of the molecule is O=C(N/C=C/C1CC1)NCc1ccc2c(c1)OCO2. The van der Waals surface area contributed by atoms with Gasteiger partial charge in [0.15, 0.2) is 11.5 Å². The Labute approximate surface area is 111 Å². The minimum Gasteiger partial charge on any atom is -0.454 e. The Morgan fingerprint density at radius 3 is 3.00 bits per heavy atom. The van der Waals surface area contributed by atoms with Gasteiger partial charge < -0.3 is 20.1 Å². The molecule has 0 saturated heterocycles. The van der Waals surface area contributed by atoms with Crippen LogP contribution in [0.3, 0.4) is 0 Å². The number of hydrogen-bond donors (Lipinski definition) is 2. The predicted molar refractivity (Wildman–Crippen MR) is 69.8 cm³/mol. The van der Waals surface area contributed by atoms with Crippen molar-refractivity contribution in [2.75, 3.05) is 6.79 Å². The van der Waals surface area contributed by atoms with E-state index in [1.54, 1.807) is 6.20 Å². The minimum absolute atomic E-state index is 0.199. The van der Waals surface area contributed by atoms with E-state index >= 15 is 0 Å². The molecule has 5 nitrogen and oxygen atoms in total. The van der Waals surface area contributed by atoms with Crippen LogP contribution in [0.1, 0.15) is 18.4 Å². The second-order valence-corrected chi connectivity index (χ2v) is 4.71. The molecule has 0 unspecified atom stereocenters. The summed E-state index contributed by atoms with van der Waals surface area (Å²) in [5.74, 6) is 2.14. The van der Waals surface area contributed by atoms with Gasteiger partial charge in [-0.25, -0.2) is 4.79 Å². The summed E-state index contributed by atoms with van der Waals surface area (Å²) >= 11 is 0. The molecule has 0 bridgehead atoms. The monoisotopic (exact) mass is 260 g/mol. The Balaban J connectivity index is 1.47. The Hall–Kier alpha value is -2.17. The lowest BCUT2D eigenvalue weighted by Crippen LogP contribution is -2.31. The zero-order valence-corrected chi connectivity index (χ0v) is 10.5. The highest BCUT2D eigenvalue weighted by molar-refractivity contribution is 5.74. The lowest BCUT2D eigenvalue weighted by molar-refractivity contribution is 0.174. The standard InChI is InChI=1S/C14H16N2O3/c17-14(15-6-5-10-1-2-10)16-8-11-3-4-12-13(7-11)19-9-18-12/h3-7,10H,1-2,8-9H2,(H2,15,16,17)/b6-5+. The lowest BCUT2D eigenvalue weighted by Gasteiger charge is -2.05. The molecule has 19 heavy (non-hydrogen) atoms. The fourth-order valence-electron chi connectivity index (χ4n) is 1.83. The number of nitrogens with one attached hydrogen (secondary N) is 2. The van der Waals surface area contributed by atoms with Crippen molar-refractivity contribution in [2.45, 2.75) is 19.4 Å². The van der Waals surface area contributed by atoms with Crippen LogP contribution >= 0.6 is 0 Å². The molecule has 2 N–H and O–H groups in total. The molecule has 100 valence electrons. The highest BCUT2D eigenvalue weighted by Gasteiger charge is 2.17. The van der Waals surface area contributed by atoms with Crippen molar-refractivity contribution in [3.8, 4) is 11.5 Å². The van der Waals surface area contributed by atoms with Crippen molar-refractivity contribution in [2.24, 2.45) is 5.92 Å². The average Bonchev–Trinajstić information content (AvgIpc) is 3.12. The molecule has 0 radical (unpaired) electrons. The summed E-state index contributed by atoms with van der Waals surface area (Å²) in [6.45, 7) is 0.721. The number of carbonyl (C=O) groups excluding carboxylic acids is 1. The van der Waals surface area contributed by atoms with Crippen LogP contribution in [0, 0.1) is 5.92 Å². The smallest absolute Gasteiger partial charge is 0.319 e. The van der Waals surface area contributed by atoms with E-state index in [9.17, 15) is 4.79 Å². The summed E-state index contributed by atoms with van der Waals surface area (Å²) in [7, 11) is 0. The van der Waals surface area contributed by atoms with E-state index in [-0.39, 0.29) is 12.8 Å². The highest BCUT2D eigenvalue weighted by atomic mass is 16.7. The average molecular weight is 260 g/mol. The number of hydrogen-bond acceptors (Lipinski definition) is 3. The molecular weight excluding hydrogens is 244 g/mol. The van der Waals surface area contributed by atoms with E-state index in [0.717, 1.165) is 17.1 Å². The third-order valence-electron chi connectivity index (χ3n) is 3.09. The topological polar surface area (TPSA) is 59.6 Å². The second kappa shape index (κ2) is 5.22. The number of urea groups is 1. The molecule has 1 aliphatic heterocycles. The summed E-state index contributed by atoms with van der Waals surface area (Å²) in [6.07, 6.45) is 6.21. The third kappa shape index (κ3) is 3.19. The van der Waals surface area contributed by atoms with Crippen molar-refractivity contribution >= 4 is 6.03 Å². The van der Waals surface area contributed by atoms with Crippen LogP contribution in [-0.4, -0.2) is 12.8 Å². The molecule has 1 aromatic rings. The Morgan fingerprint density at radius 2 is 2.16 bits per heavy atom. The van der Waals surface area contributed by atoms with Crippen molar-refractivity contribution in [3.05, 3.63) is 36.0 Å². The first kappa shape index (κ1) is 11.9. The normalized spacial score (nSPS) is 16.6. The Bertz CT molecular complexity index is 509. The molecule has 2 aliphatic rings. The van der Waals surface area contributed by atoms with E-state index in [1.807, 2.05) is 24.3 Å². The van der Waals surface area contributed by atoms with Gasteiger partial charge in [-0.1, -0.05) is 12.1 Å². The number of amides is 2. The number of fused-ring (bicyclic) bond motifs is 1. The number of allylic oxidation sites excluding steroid dienone is 1. The summed E-state index contributed by atoms with van der Waals surface area (Å²) < 4.78 is 10.5. The Morgan fingerprint density at radius 1 is 1.32 bits per heavy atom. The number of rotatable bonds is 4. The van der Waals surface area contributed by atoms with E-state index in [1.165, 1.54) is 12.8 Å². The summed E-state index contributed by atoms with van der Waals surface area (Å²) in [4.78, 5) is 11.5. The fraction of sp³-hybridized carbons (Fsp3) is 0.357. The van der Waals surface area contributed by atoms with Gasteiger partial charge in [0.2, 0.25) is 6.79 Å². The van der Waals surface area contributed by atoms with Gasteiger partial charge >= 0.3 is 6.03 Å². The predicted octanol–water partition coefficient (Wildman–Crippen LogP) is 2.14. The minimum atomic E-state index is -0.199. The summed E-state index contributed by atoms with van der Waals surface area (Å²) in [5, 5.41) is 5.48. The van der Waals surface area contributed by atoms with E-state index in [2.05, 4.69) is 10.6 Å². The van der Waals surface area contributed by atoms with E-state index in [4.69, 9.17) is 9.47 Å². The first-order valence-corrected chi connectivity index (χ1v) is 6.41. The quantitative estimate of drug-likeness (QED) is 0.872. The third-order valence-corrected chi connectivity index (χ3v) is 3.09. The van der Waals surface area contributed by atoms with Gasteiger partial charge in [-0.2, -0.15) is 0 Å². The summed E-state index contributed by atoms with van der Waals surface area (Å²) in [5.41, 5.74) is 0.977. The molecule has 0 aromatic heterocycles. The van der Waals surface area contributed by atoms with Crippen LogP contribution in [-0.2, 0) is 6.54 Å². The molecule has 3 rings (SSSR count). The molecule has 0 spiro atoms. The fourth-order valence-corrected chi connectivity index (χ4v) is 1.83. The van der Waals surface area contributed by atoms with Crippen LogP contribution in [0.15, 0.2) is 30.5 Å². The zero-order valence-electron chi connectivity index (χ0n) is 10.5. The molecule has 1 saturated carbocycles. The number of carbonyl (C=O) groups is 1. The molecule has 2 amide bonds. The van der Waals surface area contributed by atoms with Gasteiger partial charge in [0.25, 0.3) is 0 Å². The van der Waals surface area contributed by atoms with Crippen LogP contribution in [0.25, 0.3) is 0 Å². The van der Waals surface area contributed by atoms with Gasteiger partial charge in [0.05, 0.1) is 0 Å². The number of benzene rings is 1. The van der Waals surface area contributed by atoms with Crippen LogP contribution in [0.5, 0.6) is 11.5 Å².